The van der Waals surface area contributed by atoms with Crippen molar-refractivity contribution in [2.75, 3.05) is 13.2 Å². The number of aliphatic hydroxyl groups excluding tert-OH is 3. The predicted octanol–water partition coefficient (Wildman–Crippen LogP) is -0.0648. The zero-order valence-corrected chi connectivity index (χ0v) is 15.0. The van der Waals surface area contributed by atoms with Gasteiger partial charge in [0, 0.05) is 6.42 Å². The molecule has 10 heteroatoms. The molecular formula is C18H21NO9. The van der Waals surface area contributed by atoms with E-state index in [1.54, 1.807) is 37.3 Å². The molecule has 1 heterocycles. The number of hydrogen-bond donors (Lipinski definition) is 4. The van der Waals surface area contributed by atoms with Crippen LogP contribution in [0.2, 0.25) is 0 Å². The van der Waals surface area contributed by atoms with Crippen molar-refractivity contribution in [3.05, 3.63) is 47.4 Å². The Labute approximate surface area is 160 Å². The molecule has 3 atom stereocenters. The highest BCUT2D eigenvalue weighted by atomic mass is 16.6. The molecule has 0 aromatic heterocycles. The van der Waals surface area contributed by atoms with Crippen molar-refractivity contribution < 1.29 is 43.9 Å². The zero-order valence-electron chi connectivity index (χ0n) is 15.0. The third kappa shape index (κ3) is 5.21. The summed E-state index contributed by atoms with van der Waals surface area (Å²) in [7, 11) is 0. The van der Waals surface area contributed by atoms with Crippen molar-refractivity contribution in [1.29, 1.82) is 0 Å². The summed E-state index contributed by atoms with van der Waals surface area (Å²) in [5.41, 5.74) is 0.745. The number of rotatable bonds is 8. The van der Waals surface area contributed by atoms with Gasteiger partial charge in [0.2, 0.25) is 0 Å². The second-order valence-electron chi connectivity index (χ2n) is 5.82. The number of hydrogen-bond acceptors (Lipinski definition) is 9. The first kappa shape index (κ1) is 21.2. The fourth-order valence-electron chi connectivity index (χ4n) is 2.46. The Kier molecular flexibility index (Phi) is 7.36. The molecule has 0 radical (unpaired) electrons. The maximum atomic E-state index is 12.1. The Hall–Kier alpha value is -3.11. The Bertz CT molecular complexity index is 747. The van der Waals surface area contributed by atoms with Gasteiger partial charge in [-0.1, -0.05) is 30.3 Å². The maximum absolute atomic E-state index is 12.1. The molecule has 152 valence electrons. The van der Waals surface area contributed by atoms with Crippen LogP contribution in [0.4, 0.5) is 4.79 Å². The monoisotopic (exact) mass is 395 g/mol. The van der Waals surface area contributed by atoms with E-state index in [0.717, 1.165) is 5.56 Å². The first-order chi connectivity index (χ1) is 13.4. The SMILES string of the molecule is CCOC(=O)C(Cc1ccccc1)NC(=O)OC1=C(O)C([C@@H](O)CO)OC1=O. The maximum Gasteiger partial charge on any atom is 0.413 e. The van der Waals surface area contributed by atoms with Gasteiger partial charge in [-0.15, -0.1) is 0 Å². The molecule has 4 N–H and O–H groups in total. The molecule has 1 aromatic rings. The molecule has 2 unspecified atom stereocenters. The van der Waals surface area contributed by atoms with Crippen LogP contribution in [0.15, 0.2) is 41.9 Å². The second-order valence-corrected chi connectivity index (χ2v) is 5.82. The van der Waals surface area contributed by atoms with Gasteiger partial charge in [-0.3, -0.25) is 0 Å². The van der Waals surface area contributed by atoms with Crippen LogP contribution in [0.25, 0.3) is 0 Å². The minimum Gasteiger partial charge on any atom is -0.505 e. The number of ether oxygens (including phenoxy) is 3. The fourth-order valence-corrected chi connectivity index (χ4v) is 2.46. The molecule has 1 amide bonds. The normalized spacial score (nSPS) is 18.2. The largest absolute Gasteiger partial charge is 0.505 e. The number of amides is 1. The van der Waals surface area contributed by atoms with E-state index in [1.165, 1.54) is 0 Å². The van der Waals surface area contributed by atoms with Crippen LogP contribution in [0.3, 0.4) is 0 Å². The lowest BCUT2D eigenvalue weighted by Crippen LogP contribution is -2.43. The molecule has 28 heavy (non-hydrogen) atoms. The third-order valence-corrected chi connectivity index (χ3v) is 3.80. The summed E-state index contributed by atoms with van der Waals surface area (Å²) in [6.07, 6.45) is -4.23. The molecule has 1 aliphatic rings. The highest BCUT2D eigenvalue weighted by molar-refractivity contribution is 5.93. The number of aliphatic hydroxyl groups is 3. The van der Waals surface area contributed by atoms with E-state index in [0.29, 0.717) is 0 Å². The van der Waals surface area contributed by atoms with Gasteiger partial charge in [0.05, 0.1) is 13.2 Å². The molecule has 0 fully saturated rings. The van der Waals surface area contributed by atoms with E-state index in [-0.39, 0.29) is 13.0 Å². The number of alkyl carbamates (subject to hydrolysis) is 1. The van der Waals surface area contributed by atoms with Gasteiger partial charge in [0.15, 0.2) is 11.9 Å². The van der Waals surface area contributed by atoms with Crippen molar-refractivity contribution in [2.24, 2.45) is 0 Å². The van der Waals surface area contributed by atoms with Crippen LogP contribution in [-0.4, -0.2) is 64.8 Å². The number of nitrogens with one attached hydrogen (secondary N) is 1. The Morgan fingerprint density at radius 2 is 1.96 bits per heavy atom. The smallest absolute Gasteiger partial charge is 0.413 e. The Morgan fingerprint density at radius 3 is 2.57 bits per heavy atom. The minimum atomic E-state index is -1.58. The van der Waals surface area contributed by atoms with Crippen molar-refractivity contribution in [1.82, 2.24) is 5.32 Å². The Balaban J connectivity index is 2.09. The number of carbonyl (C=O) groups excluding carboxylic acids is 3. The van der Waals surface area contributed by atoms with Gasteiger partial charge in [0.1, 0.15) is 12.1 Å². The number of esters is 2. The number of benzene rings is 1. The van der Waals surface area contributed by atoms with Gasteiger partial charge < -0.3 is 34.8 Å². The summed E-state index contributed by atoms with van der Waals surface area (Å²) in [4.78, 5) is 36.0. The molecule has 0 spiro atoms. The summed E-state index contributed by atoms with van der Waals surface area (Å²) in [5.74, 6) is -3.57. The molecule has 0 aliphatic carbocycles. The summed E-state index contributed by atoms with van der Waals surface area (Å²) in [6, 6.07) is 7.72. The third-order valence-electron chi connectivity index (χ3n) is 3.80. The molecule has 1 aromatic carbocycles. The van der Waals surface area contributed by atoms with Gasteiger partial charge in [0.25, 0.3) is 5.76 Å². The summed E-state index contributed by atoms with van der Waals surface area (Å²) in [5, 5.41) is 30.6. The lowest BCUT2D eigenvalue weighted by atomic mass is 10.1. The highest BCUT2D eigenvalue weighted by Crippen LogP contribution is 2.24. The number of cyclic esters (lactones) is 1. The van der Waals surface area contributed by atoms with Crippen molar-refractivity contribution in [3.8, 4) is 0 Å². The standard InChI is InChI=1S/C18H21NO9/c1-2-26-16(23)11(8-10-6-4-3-5-7-10)19-18(25)28-15-13(22)14(12(21)9-20)27-17(15)24/h3-7,11-12,14,20-22H,2,8-9H2,1H3,(H,19,25)/t11?,12-,14?/m0/s1. The summed E-state index contributed by atoms with van der Waals surface area (Å²) >= 11 is 0. The minimum absolute atomic E-state index is 0.0971. The number of carbonyl (C=O) groups is 3. The molecular weight excluding hydrogens is 374 g/mol. The molecule has 0 saturated carbocycles. The van der Waals surface area contributed by atoms with E-state index in [4.69, 9.17) is 14.6 Å². The first-order valence-electron chi connectivity index (χ1n) is 8.49. The van der Waals surface area contributed by atoms with Crippen molar-refractivity contribution >= 4 is 18.0 Å². The van der Waals surface area contributed by atoms with Gasteiger partial charge in [-0.2, -0.15) is 0 Å². The van der Waals surface area contributed by atoms with Crippen molar-refractivity contribution in [3.63, 3.8) is 0 Å². The van der Waals surface area contributed by atoms with Gasteiger partial charge in [-0.05, 0) is 12.5 Å². The molecule has 0 bridgehead atoms. The van der Waals surface area contributed by atoms with E-state index < -0.39 is 54.4 Å². The quantitative estimate of drug-likeness (QED) is 0.350. The first-order valence-corrected chi connectivity index (χ1v) is 8.49. The van der Waals surface area contributed by atoms with Gasteiger partial charge in [-0.25, -0.2) is 14.4 Å². The van der Waals surface area contributed by atoms with Crippen LogP contribution in [-0.2, 0) is 30.2 Å². The van der Waals surface area contributed by atoms with Crippen LogP contribution >= 0.6 is 0 Å². The van der Waals surface area contributed by atoms with E-state index in [2.05, 4.69) is 10.1 Å². The summed E-state index contributed by atoms with van der Waals surface area (Å²) < 4.78 is 14.3. The lowest BCUT2D eigenvalue weighted by molar-refractivity contribution is -0.147. The average Bonchev–Trinajstić information content (AvgIpc) is 2.96. The summed E-state index contributed by atoms with van der Waals surface area (Å²) in [6.45, 7) is 0.920. The molecule has 1 aliphatic heterocycles. The van der Waals surface area contributed by atoms with Crippen LogP contribution in [0.5, 0.6) is 0 Å². The topological polar surface area (TPSA) is 152 Å². The molecule has 2 rings (SSSR count). The molecule has 0 saturated heterocycles. The lowest BCUT2D eigenvalue weighted by Gasteiger charge is -2.17. The van der Waals surface area contributed by atoms with Crippen LogP contribution < -0.4 is 5.32 Å². The van der Waals surface area contributed by atoms with Gasteiger partial charge >= 0.3 is 18.0 Å². The highest BCUT2D eigenvalue weighted by Gasteiger charge is 2.41. The predicted molar refractivity (Wildman–Crippen MR) is 92.8 cm³/mol. The van der Waals surface area contributed by atoms with E-state index in [9.17, 15) is 24.6 Å². The Morgan fingerprint density at radius 1 is 1.29 bits per heavy atom. The zero-order chi connectivity index (χ0) is 20.7. The fraction of sp³-hybridized carbons (Fsp3) is 0.389. The van der Waals surface area contributed by atoms with Crippen molar-refractivity contribution in [2.45, 2.75) is 31.6 Å². The molecule has 10 nitrogen and oxygen atoms in total. The second kappa shape index (κ2) is 9.72. The van der Waals surface area contributed by atoms with Crippen LogP contribution in [0.1, 0.15) is 12.5 Å². The van der Waals surface area contributed by atoms with E-state index in [1.807, 2.05) is 0 Å². The van der Waals surface area contributed by atoms with Crippen LogP contribution in [0, 0.1) is 0 Å². The van der Waals surface area contributed by atoms with E-state index >= 15 is 0 Å². The average molecular weight is 395 g/mol.